The molecule has 0 radical (unpaired) electrons. The van der Waals surface area contributed by atoms with Gasteiger partial charge >= 0.3 is 0 Å². The topological polar surface area (TPSA) is 106 Å². The second-order valence-electron chi connectivity index (χ2n) is 5.61. The number of H-pyrrole nitrogens is 1. The van der Waals surface area contributed by atoms with Gasteiger partial charge in [0, 0.05) is 38.7 Å². The molecule has 0 bridgehead atoms. The van der Waals surface area contributed by atoms with Crippen molar-refractivity contribution in [3.05, 3.63) is 40.3 Å². The van der Waals surface area contributed by atoms with Gasteiger partial charge in [0.05, 0.1) is 6.61 Å². The molecule has 140 valence electrons. The molecule has 0 saturated carbocycles. The Balaban J connectivity index is 1.96. The number of hydrogen-bond donors (Lipinski definition) is 2. The van der Waals surface area contributed by atoms with Gasteiger partial charge in [-0.05, 0) is 25.5 Å². The minimum absolute atomic E-state index is 0.129. The second-order valence-corrected chi connectivity index (χ2v) is 5.61. The van der Waals surface area contributed by atoms with Crippen molar-refractivity contribution in [2.24, 2.45) is 0 Å². The zero-order valence-electron chi connectivity index (χ0n) is 15.1. The van der Waals surface area contributed by atoms with Crippen molar-refractivity contribution < 1.29 is 14.3 Å². The predicted molar refractivity (Wildman–Crippen MR) is 97.1 cm³/mol. The fraction of sp³-hybridized carbons (Fsp3) is 0.444. The van der Waals surface area contributed by atoms with E-state index in [-0.39, 0.29) is 30.0 Å². The number of hydrogen-bond acceptors (Lipinski definition) is 6. The molecule has 0 aliphatic carbocycles. The molecule has 1 heterocycles. The summed E-state index contributed by atoms with van der Waals surface area (Å²) in [6.45, 7) is 3.59. The molecule has 8 heteroatoms. The first-order valence-corrected chi connectivity index (χ1v) is 8.58. The first kappa shape index (κ1) is 19.6. The highest BCUT2D eigenvalue weighted by Gasteiger charge is 2.10. The van der Waals surface area contributed by atoms with Crippen LogP contribution in [-0.4, -0.2) is 48.0 Å². The number of rotatable bonds is 10. The number of amides is 1. The molecule has 2 rings (SSSR count). The lowest BCUT2D eigenvalue weighted by Gasteiger charge is -2.06. The molecule has 0 aliphatic rings. The highest BCUT2D eigenvalue weighted by molar-refractivity contribution is 5.76. The van der Waals surface area contributed by atoms with Gasteiger partial charge in [-0.1, -0.05) is 12.1 Å². The van der Waals surface area contributed by atoms with E-state index < -0.39 is 0 Å². The molecule has 2 N–H and O–H groups in total. The number of carbonyl (C=O) groups is 1. The third-order valence-electron chi connectivity index (χ3n) is 3.62. The maximum absolute atomic E-state index is 12.2. The lowest BCUT2D eigenvalue weighted by Crippen LogP contribution is -2.27. The predicted octanol–water partition coefficient (Wildman–Crippen LogP) is 1.32. The zero-order chi connectivity index (χ0) is 18.8. The summed E-state index contributed by atoms with van der Waals surface area (Å²) < 4.78 is 10.4. The molecular formula is C18H24N4O4. The Hall–Kier alpha value is -2.74. The number of benzene rings is 1. The van der Waals surface area contributed by atoms with Gasteiger partial charge in [-0.3, -0.25) is 9.59 Å². The zero-order valence-corrected chi connectivity index (χ0v) is 15.1. The number of methoxy groups -OCH3 is 1. The molecule has 1 aromatic carbocycles. The fourth-order valence-electron chi connectivity index (χ4n) is 2.32. The Labute approximate surface area is 152 Å². The van der Waals surface area contributed by atoms with E-state index in [0.29, 0.717) is 36.9 Å². The number of aromatic amines is 1. The minimum atomic E-state index is -0.344. The standard InChI is InChI=1S/C18H24N4O4/c1-3-26-14-7-4-6-13(12-14)17-20-18(24)15(21-22-17)8-9-16(23)19-10-5-11-25-2/h4,6-7,12H,3,5,8-11H2,1-2H3,(H,19,23)(H,20,22,24). The van der Waals surface area contributed by atoms with Crippen LogP contribution >= 0.6 is 0 Å². The molecular weight excluding hydrogens is 336 g/mol. The van der Waals surface area contributed by atoms with Crippen molar-refractivity contribution in [3.8, 4) is 17.1 Å². The molecule has 0 atom stereocenters. The van der Waals surface area contributed by atoms with Gasteiger partial charge in [-0.2, -0.15) is 0 Å². The summed E-state index contributed by atoms with van der Waals surface area (Å²) in [5.74, 6) is 0.932. The molecule has 0 saturated heterocycles. The summed E-state index contributed by atoms with van der Waals surface area (Å²) in [6.07, 6.45) is 1.17. The van der Waals surface area contributed by atoms with Crippen LogP contribution in [0.1, 0.15) is 25.5 Å². The number of nitrogens with one attached hydrogen (secondary N) is 2. The van der Waals surface area contributed by atoms with Crippen LogP contribution in [0.3, 0.4) is 0 Å². The SMILES string of the molecule is CCOc1cccc(-c2nnc(CCC(=O)NCCCOC)c(=O)[nH]2)c1. The molecule has 0 spiro atoms. The maximum Gasteiger partial charge on any atom is 0.273 e. The summed E-state index contributed by atoms with van der Waals surface area (Å²) in [7, 11) is 1.61. The number of aryl methyl sites for hydroxylation is 1. The molecule has 0 unspecified atom stereocenters. The van der Waals surface area contributed by atoms with Crippen molar-refractivity contribution in [2.75, 3.05) is 26.9 Å². The van der Waals surface area contributed by atoms with Crippen molar-refractivity contribution in [1.82, 2.24) is 20.5 Å². The van der Waals surface area contributed by atoms with Crippen molar-refractivity contribution in [2.45, 2.75) is 26.2 Å². The van der Waals surface area contributed by atoms with Crippen LogP contribution in [0.4, 0.5) is 0 Å². The normalized spacial score (nSPS) is 10.5. The van der Waals surface area contributed by atoms with E-state index in [4.69, 9.17) is 9.47 Å². The highest BCUT2D eigenvalue weighted by Crippen LogP contribution is 2.19. The average Bonchev–Trinajstić information content (AvgIpc) is 2.65. The Morgan fingerprint density at radius 3 is 2.88 bits per heavy atom. The second kappa shape index (κ2) is 10.3. The molecule has 0 fully saturated rings. The van der Waals surface area contributed by atoms with Crippen molar-refractivity contribution in [3.63, 3.8) is 0 Å². The average molecular weight is 360 g/mol. The van der Waals surface area contributed by atoms with E-state index in [1.807, 2.05) is 25.1 Å². The van der Waals surface area contributed by atoms with E-state index in [0.717, 1.165) is 6.42 Å². The van der Waals surface area contributed by atoms with Crippen LogP contribution in [0, 0.1) is 0 Å². The lowest BCUT2D eigenvalue weighted by atomic mass is 10.2. The van der Waals surface area contributed by atoms with E-state index in [1.54, 1.807) is 13.2 Å². The first-order valence-electron chi connectivity index (χ1n) is 8.58. The number of ether oxygens (including phenoxy) is 2. The van der Waals surface area contributed by atoms with E-state index in [2.05, 4.69) is 20.5 Å². The van der Waals surface area contributed by atoms with Crippen molar-refractivity contribution in [1.29, 1.82) is 0 Å². The number of nitrogens with zero attached hydrogens (tertiary/aromatic N) is 2. The summed E-state index contributed by atoms with van der Waals surface area (Å²) in [5.41, 5.74) is 0.605. The molecule has 26 heavy (non-hydrogen) atoms. The fourth-order valence-corrected chi connectivity index (χ4v) is 2.32. The Bertz CT molecular complexity index is 776. The molecule has 8 nitrogen and oxygen atoms in total. The van der Waals surface area contributed by atoms with Gasteiger partial charge in [-0.25, -0.2) is 0 Å². The minimum Gasteiger partial charge on any atom is -0.494 e. The molecule has 1 aromatic heterocycles. The van der Waals surface area contributed by atoms with Crippen LogP contribution in [0.2, 0.25) is 0 Å². The van der Waals surface area contributed by atoms with Gasteiger partial charge in [-0.15, -0.1) is 10.2 Å². The largest absolute Gasteiger partial charge is 0.494 e. The Kier molecular flexibility index (Phi) is 7.75. The smallest absolute Gasteiger partial charge is 0.273 e. The first-order chi connectivity index (χ1) is 12.6. The van der Waals surface area contributed by atoms with Crippen LogP contribution in [0.25, 0.3) is 11.4 Å². The van der Waals surface area contributed by atoms with Crippen LogP contribution < -0.4 is 15.6 Å². The molecule has 1 amide bonds. The van der Waals surface area contributed by atoms with Gasteiger partial charge < -0.3 is 19.8 Å². The maximum atomic E-state index is 12.2. The quantitative estimate of drug-likeness (QED) is 0.619. The van der Waals surface area contributed by atoms with Gasteiger partial charge in [0.25, 0.3) is 5.56 Å². The van der Waals surface area contributed by atoms with Crippen molar-refractivity contribution >= 4 is 5.91 Å². The molecule has 2 aromatic rings. The summed E-state index contributed by atoms with van der Waals surface area (Å²) in [6, 6.07) is 7.26. The number of carbonyl (C=O) groups excluding carboxylic acids is 1. The Morgan fingerprint density at radius 1 is 1.31 bits per heavy atom. The van der Waals surface area contributed by atoms with Gasteiger partial charge in [0.2, 0.25) is 5.91 Å². The number of aromatic nitrogens is 3. The lowest BCUT2D eigenvalue weighted by molar-refractivity contribution is -0.121. The third-order valence-corrected chi connectivity index (χ3v) is 3.62. The summed E-state index contributed by atoms with van der Waals surface area (Å²) in [5, 5.41) is 10.8. The highest BCUT2D eigenvalue weighted by atomic mass is 16.5. The van der Waals surface area contributed by atoms with Crippen LogP contribution in [0.15, 0.2) is 29.1 Å². The third kappa shape index (κ3) is 5.96. The summed E-state index contributed by atoms with van der Waals surface area (Å²) >= 11 is 0. The van der Waals surface area contributed by atoms with Crippen LogP contribution in [0.5, 0.6) is 5.75 Å². The van der Waals surface area contributed by atoms with Gasteiger partial charge in [0.15, 0.2) is 5.82 Å². The Morgan fingerprint density at radius 2 is 2.15 bits per heavy atom. The summed E-state index contributed by atoms with van der Waals surface area (Å²) in [4.78, 5) is 26.7. The van der Waals surface area contributed by atoms with E-state index >= 15 is 0 Å². The monoisotopic (exact) mass is 360 g/mol. The van der Waals surface area contributed by atoms with E-state index in [1.165, 1.54) is 0 Å². The van der Waals surface area contributed by atoms with Crippen LogP contribution in [-0.2, 0) is 16.0 Å². The molecule has 0 aliphatic heterocycles. The van der Waals surface area contributed by atoms with E-state index in [9.17, 15) is 9.59 Å². The van der Waals surface area contributed by atoms with Gasteiger partial charge in [0.1, 0.15) is 11.4 Å².